The Balaban J connectivity index is 1.97. The molecule has 0 nitrogen and oxygen atoms in total. The number of hydrogen-bond acceptors (Lipinski definition) is 0. The van der Waals surface area contributed by atoms with E-state index in [2.05, 4.69) is 102 Å². The lowest BCUT2D eigenvalue weighted by molar-refractivity contribution is 0.590. The molecule has 1 heterocycles. The molecule has 4 rings (SSSR count). The highest BCUT2D eigenvalue weighted by atomic mass is 35.7. The monoisotopic (exact) mass is 406 g/mol. The Labute approximate surface area is 174 Å². The van der Waals surface area contributed by atoms with Crippen LogP contribution in [0.4, 0.5) is 0 Å². The second-order valence-electron chi connectivity index (χ2n) is 9.79. The highest BCUT2D eigenvalue weighted by Crippen LogP contribution is 2.54. The number of hydrogen-bond donors (Lipinski definition) is 0. The van der Waals surface area contributed by atoms with E-state index in [1.54, 1.807) is 0 Å². The van der Waals surface area contributed by atoms with E-state index in [4.69, 9.17) is 11.2 Å². The molecule has 144 valence electrons. The van der Waals surface area contributed by atoms with Gasteiger partial charge in [-0.3, -0.25) is 0 Å². The van der Waals surface area contributed by atoms with E-state index in [1.807, 2.05) is 0 Å². The lowest BCUT2D eigenvalue weighted by atomic mass is 9.85. The van der Waals surface area contributed by atoms with Crippen LogP contribution in [-0.4, -0.2) is 0 Å². The van der Waals surface area contributed by atoms with Gasteiger partial charge >= 0.3 is 0 Å². The summed E-state index contributed by atoms with van der Waals surface area (Å²) in [7, 11) is 0. The van der Waals surface area contributed by atoms with Gasteiger partial charge in [0.2, 0.25) is 0 Å². The molecule has 0 aliphatic rings. The summed E-state index contributed by atoms with van der Waals surface area (Å²) in [5, 5.41) is 5.22. The summed E-state index contributed by atoms with van der Waals surface area (Å²) in [5.41, 5.74) is 5.55. The van der Waals surface area contributed by atoms with Crippen LogP contribution in [0.15, 0.2) is 60.7 Å². The van der Waals surface area contributed by atoms with Crippen molar-refractivity contribution in [1.29, 1.82) is 0 Å². The first kappa shape index (κ1) is 19.6. The molecule has 0 N–H and O–H groups in total. The molecule has 0 aliphatic carbocycles. The van der Waals surface area contributed by atoms with Gasteiger partial charge in [-0.05, 0) is 57.5 Å². The lowest BCUT2D eigenvalue weighted by Crippen LogP contribution is -2.10. The second kappa shape index (κ2) is 6.65. The zero-order valence-electron chi connectivity index (χ0n) is 17.6. The first-order chi connectivity index (χ1) is 13.1. The number of rotatable bonds is 1. The smallest absolute Gasteiger partial charge is 0.0177 e. The van der Waals surface area contributed by atoms with Gasteiger partial charge in [-0.15, -0.1) is 0 Å². The molecule has 2 heteroatoms. The standard InChI is InChI=1S/C26H28ClP/c1-25(2,3)18-12-10-17(11-13-18)20-8-7-9-22-24(20)21-15-14-19(26(4,5)6)16-23(21)28(22)27/h7-16H,1-6H3. The molecular formula is C26H28ClP. The van der Waals surface area contributed by atoms with E-state index < -0.39 is 6.89 Å². The van der Waals surface area contributed by atoms with Crippen molar-refractivity contribution in [2.24, 2.45) is 0 Å². The molecule has 3 aromatic carbocycles. The Bertz CT molecular complexity index is 1170. The fourth-order valence-electron chi connectivity index (χ4n) is 3.88. The van der Waals surface area contributed by atoms with E-state index in [0.717, 1.165) is 0 Å². The summed E-state index contributed by atoms with van der Waals surface area (Å²) >= 11 is 7.00. The molecular weight excluding hydrogens is 379 g/mol. The van der Waals surface area contributed by atoms with Crippen molar-refractivity contribution in [1.82, 2.24) is 0 Å². The predicted molar refractivity (Wildman–Crippen MR) is 128 cm³/mol. The van der Waals surface area contributed by atoms with Crippen LogP contribution in [0.5, 0.6) is 0 Å². The fourth-order valence-corrected chi connectivity index (χ4v) is 6.28. The Hall–Kier alpha value is -1.75. The van der Waals surface area contributed by atoms with Crippen LogP contribution in [0.1, 0.15) is 52.7 Å². The van der Waals surface area contributed by atoms with Crippen LogP contribution in [0.2, 0.25) is 0 Å². The quantitative estimate of drug-likeness (QED) is 0.295. The topological polar surface area (TPSA) is 0 Å². The molecule has 28 heavy (non-hydrogen) atoms. The fraction of sp³-hybridized carbons (Fsp3) is 0.308. The first-order valence-electron chi connectivity index (χ1n) is 9.92. The number of halogens is 1. The van der Waals surface area contributed by atoms with Crippen LogP contribution in [0.3, 0.4) is 0 Å². The average Bonchev–Trinajstić information content (AvgIpc) is 2.93. The van der Waals surface area contributed by atoms with Gasteiger partial charge < -0.3 is 0 Å². The molecule has 1 atom stereocenters. The normalized spacial score (nSPS) is 13.5. The van der Waals surface area contributed by atoms with Gasteiger partial charge in [0.05, 0.1) is 0 Å². The van der Waals surface area contributed by atoms with Crippen molar-refractivity contribution in [3.63, 3.8) is 0 Å². The molecule has 0 bridgehead atoms. The van der Waals surface area contributed by atoms with E-state index in [9.17, 15) is 0 Å². The van der Waals surface area contributed by atoms with Crippen LogP contribution >= 0.6 is 18.1 Å². The highest BCUT2D eigenvalue weighted by molar-refractivity contribution is 7.85. The lowest BCUT2D eigenvalue weighted by Gasteiger charge is -2.19. The van der Waals surface area contributed by atoms with E-state index in [-0.39, 0.29) is 10.8 Å². The van der Waals surface area contributed by atoms with Crippen molar-refractivity contribution >= 4 is 39.1 Å². The van der Waals surface area contributed by atoms with Gasteiger partial charge in [0.1, 0.15) is 0 Å². The zero-order chi connectivity index (χ0) is 20.3. The predicted octanol–water partition coefficient (Wildman–Crippen LogP) is 9.24. The van der Waals surface area contributed by atoms with Crippen molar-refractivity contribution in [2.75, 3.05) is 0 Å². The van der Waals surface area contributed by atoms with Gasteiger partial charge in [-0.25, -0.2) is 0 Å². The Morgan fingerprint density at radius 3 is 1.89 bits per heavy atom. The molecule has 0 radical (unpaired) electrons. The molecule has 0 spiro atoms. The van der Waals surface area contributed by atoms with Crippen LogP contribution in [0, 0.1) is 0 Å². The number of fused-ring (bicyclic) bond motifs is 3. The second-order valence-corrected chi connectivity index (χ2v) is 12.3. The summed E-state index contributed by atoms with van der Waals surface area (Å²) in [4.78, 5) is 0. The molecule has 4 aromatic rings. The van der Waals surface area contributed by atoms with Gasteiger partial charge in [-0.1, -0.05) is 101 Å². The summed E-state index contributed by atoms with van der Waals surface area (Å²) in [5.74, 6) is 0. The molecule has 1 unspecified atom stereocenters. The van der Waals surface area contributed by atoms with Gasteiger partial charge in [-0.2, -0.15) is 0 Å². The molecule has 0 saturated carbocycles. The Kier molecular flexibility index (Phi) is 4.65. The zero-order valence-corrected chi connectivity index (χ0v) is 19.2. The summed E-state index contributed by atoms with van der Waals surface area (Å²) in [6.45, 7) is 12.7. The van der Waals surface area contributed by atoms with Gasteiger partial charge in [0, 0.05) is 15.6 Å². The van der Waals surface area contributed by atoms with Crippen molar-refractivity contribution in [2.45, 2.75) is 52.4 Å². The Morgan fingerprint density at radius 1 is 0.679 bits per heavy atom. The minimum Gasteiger partial charge on any atom is -0.0615 e. The third-order valence-corrected chi connectivity index (χ3v) is 8.34. The maximum atomic E-state index is 7.00. The molecule has 0 saturated heterocycles. The van der Waals surface area contributed by atoms with Crippen molar-refractivity contribution < 1.29 is 0 Å². The van der Waals surface area contributed by atoms with Crippen molar-refractivity contribution in [3.05, 3.63) is 71.8 Å². The minimum atomic E-state index is -0.819. The molecule has 1 aromatic heterocycles. The maximum Gasteiger partial charge on any atom is 0.0177 e. The summed E-state index contributed by atoms with van der Waals surface area (Å²) in [6.07, 6.45) is 0. The summed E-state index contributed by atoms with van der Waals surface area (Å²) in [6, 6.07) is 22.5. The largest absolute Gasteiger partial charge is 0.0615 e. The van der Waals surface area contributed by atoms with Crippen LogP contribution in [0.25, 0.3) is 32.1 Å². The van der Waals surface area contributed by atoms with Crippen LogP contribution in [-0.2, 0) is 10.8 Å². The molecule has 0 aliphatic heterocycles. The first-order valence-corrected chi connectivity index (χ1v) is 12.2. The Morgan fingerprint density at radius 2 is 1.29 bits per heavy atom. The third-order valence-electron chi connectivity index (χ3n) is 5.66. The van der Waals surface area contributed by atoms with Gasteiger partial charge in [0.25, 0.3) is 0 Å². The minimum absolute atomic E-state index is 0.127. The SMILES string of the molecule is CC(C)(C)c1ccc(-c2cccc3c2c2ccc(C(C)(C)C)cc2p3Cl)cc1. The van der Waals surface area contributed by atoms with E-state index >= 15 is 0 Å². The van der Waals surface area contributed by atoms with E-state index in [1.165, 1.54) is 43.3 Å². The molecule has 0 fully saturated rings. The highest BCUT2D eigenvalue weighted by Gasteiger charge is 2.19. The van der Waals surface area contributed by atoms with Gasteiger partial charge in [0.15, 0.2) is 0 Å². The number of benzene rings is 3. The maximum absolute atomic E-state index is 7.00. The van der Waals surface area contributed by atoms with Crippen molar-refractivity contribution in [3.8, 4) is 11.1 Å². The van der Waals surface area contributed by atoms with E-state index in [0.29, 0.717) is 0 Å². The summed E-state index contributed by atoms with van der Waals surface area (Å²) < 4.78 is 0. The molecule has 0 amide bonds. The third kappa shape index (κ3) is 3.28. The van der Waals surface area contributed by atoms with Crippen LogP contribution < -0.4 is 0 Å². The average molecular weight is 407 g/mol.